The molecule has 0 spiro atoms. The van der Waals surface area contributed by atoms with Gasteiger partial charge < -0.3 is 9.88 Å². The number of hydrogen-bond acceptors (Lipinski definition) is 1. The van der Waals surface area contributed by atoms with Crippen molar-refractivity contribution in [1.29, 1.82) is 0 Å². The van der Waals surface area contributed by atoms with E-state index in [9.17, 15) is 0 Å². The zero-order chi connectivity index (χ0) is 19.9. The van der Waals surface area contributed by atoms with E-state index in [0.29, 0.717) is 0 Å². The SMILES string of the molecule is c1ccc(Nc2ccc3c4ccccc4n(-c4ccc5ccccc5c4)c3c2)cc1. The van der Waals surface area contributed by atoms with Crippen molar-refractivity contribution in [3.05, 3.63) is 115 Å². The molecular formula is C28H20N2. The zero-order valence-corrected chi connectivity index (χ0v) is 16.4. The molecule has 0 aliphatic rings. The lowest BCUT2D eigenvalue weighted by Crippen LogP contribution is -1.95. The molecule has 0 saturated carbocycles. The molecule has 0 saturated heterocycles. The Morgan fingerprint density at radius 3 is 2.10 bits per heavy atom. The first-order valence-corrected chi connectivity index (χ1v) is 10.2. The average Bonchev–Trinajstić information content (AvgIpc) is 3.13. The molecule has 0 aliphatic carbocycles. The quantitative estimate of drug-likeness (QED) is 0.331. The molecule has 1 N–H and O–H groups in total. The Balaban J connectivity index is 1.60. The Morgan fingerprint density at radius 1 is 0.467 bits per heavy atom. The number of anilines is 2. The molecule has 0 aliphatic heterocycles. The van der Waals surface area contributed by atoms with Crippen LogP contribution in [0.15, 0.2) is 115 Å². The molecule has 5 aromatic carbocycles. The molecule has 0 atom stereocenters. The van der Waals surface area contributed by atoms with Crippen LogP contribution < -0.4 is 5.32 Å². The van der Waals surface area contributed by atoms with E-state index in [-0.39, 0.29) is 0 Å². The van der Waals surface area contributed by atoms with E-state index in [2.05, 4.69) is 107 Å². The number of aromatic nitrogens is 1. The Labute approximate surface area is 175 Å². The summed E-state index contributed by atoms with van der Waals surface area (Å²) in [5, 5.41) is 8.57. The summed E-state index contributed by atoms with van der Waals surface area (Å²) >= 11 is 0. The van der Waals surface area contributed by atoms with Crippen molar-refractivity contribution in [3.8, 4) is 5.69 Å². The van der Waals surface area contributed by atoms with Crippen LogP contribution in [0, 0.1) is 0 Å². The molecule has 1 heterocycles. The van der Waals surface area contributed by atoms with E-state index >= 15 is 0 Å². The number of fused-ring (bicyclic) bond motifs is 4. The van der Waals surface area contributed by atoms with Crippen LogP contribution in [0.25, 0.3) is 38.3 Å². The van der Waals surface area contributed by atoms with Crippen LogP contribution in [-0.2, 0) is 0 Å². The summed E-state index contributed by atoms with van der Waals surface area (Å²) in [6.45, 7) is 0. The molecule has 6 rings (SSSR count). The Bertz CT molecular complexity index is 1510. The largest absolute Gasteiger partial charge is 0.355 e. The van der Waals surface area contributed by atoms with E-state index in [1.807, 2.05) is 18.2 Å². The van der Waals surface area contributed by atoms with E-state index in [4.69, 9.17) is 0 Å². The standard InChI is InChI=1S/C28H20N2/c1-2-10-22(11-3-1)29-23-15-17-26-25-12-6-7-13-27(25)30(28(26)19-23)24-16-14-20-8-4-5-9-21(20)18-24/h1-19,29H. The second-order valence-corrected chi connectivity index (χ2v) is 7.61. The minimum atomic E-state index is 1.08. The van der Waals surface area contributed by atoms with Gasteiger partial charge in [0.2, 0.25) is 0 Å². The van der Waals surface area contributed by atoms with Crippen molar-refractivity contribution in [3.63, 3.8) is 0 Å². The van der Waals surface area contributed by atoms with Gasteiger partial charge in [0.1, 0.15) is 0 Å². The van der Waals surface area contributed by atoms with Crippen molar-refractivity contribution in [2.75, 3.05) is 5.32 Å². The fourth-order valence-corrected chi connectivity index (χ4v) is 4.33. The molecule has 30 heavy (non-hydrogen) atoms. The van der Waals surface area contributed by atoms with Crippen LogP contribution >= 0.6 is 0 Å². The summed E-state index contributed by atoms with van der Waals surface area (Å²) in [4.78, 5) is 0. The van der Waals surface area contributed by atoms with E-state index < -0.39 is 0 Å². The van der Waals surface area contributed by atoms with Crippen LogP contribution in [0.3, 0.4) is 0 Å². The predicted octanol–water partition coefficient (Wildman–Crippen LogP) is 7.68. The van der Waals surface area contributed by atoms with Crippen molar-refractivity contribution in [2.45, 2.75) is 0 Å². The van der Waals surface area contributed by atoms with Gasteiger partial charge in [-0.05, 0) is 53.2 Å². The van der Waals surface area contributed by atoms with Crippen molar-refractivity contribution in [2.24, 2.45) is 0 Å². The van der Waals surface area contributed by atoms with Crippen molar-refractivity contribution >= 4 is 44.0 Å². The van der Waals surface area contributed by atoms with Gasteiger partial charge in [-0.15, -0.1) is 0 Å². The number of rotatable bonds is 3. The third kappa shape index (κ3) is 2.73. The second kappa shape index (κ2) is 6.78. The molecule has 0 unspecified atom stereocenters. The van der Waals surface area contributed by atoms with Gasteiger partial charge in [-0.1, -0.05) is 72.8 Å². The normalized spacial score (nSPS) is 11.3. The lowest BCUT2D eigenvalue weighted by atomic mass is 10.1. The first kappa shape index (κ1) is 16.9. The molecule has 2 heteroatoms. The zero-order valence-electron chi connectivity index (χ0n) is 16.4. The van der Waals surface area contributed by atoms with E-state index in [1.54, 1.807) is 0 Å². The molecular weight excluding hydrogens is 364 g/mol. The third-order valence-corrected chi connectivity index (χ3v) is 5.73. The van der Waals surface area contributed by atoms with E-state index in [1.165, 1.54) is 38.3 Å². The molecule has 0 bridgehead atoms. The van der Waals surface area contributed by atoms with Gasteiger partial charge in [-0.25, -0.2) is 0 Å². The van der Waals surface area contributed by atoms with Crippen molar-refractivity contribution < 1.29 is 0 Å². The monoisotopic (exact) mass is 384 g/mol. The van der Waals surface area contributed by atoms with Crippen LogP contribution in [0.5, 0.6) is 0 Å². The summed E-state index contributed by atoms with van der Waals surface area (Å²) < 4.78 is 2.37. The molecule has 0 fully saturated rings. The minimum Gasteiger partial charge on any atom is -0.355 e. The Kier molecular flexibility index (Phi) is 3.82. The smallest absolute Gasteiger partial charge is 0.0561 e. The number of nitrogens with zero attached hydrogens (tertiary/aromatic N) is 1. The van der Waals surface area contributed by atoms with Crippen LogP contribution in [0.2, 0.25) is 0 Å². The van der Waals surface area contributed by atoms with Crippen LogP contribution in [-0.4, -0.2) is 4.57 Å². The minimum absolute atomic E-state index is 1.08. The molecule has 0 radical (unpaired) electrons. The maximum atomic E-state index is 3.54. The summed E-state index contributed by atoms with van der Waals surface area (Å²) in [6, 6.07) is 40.8. The van der Waals surface area contributed by atoms with Gasteiger partial charge in [0.15, 0.2) is 0 Å². The highest BCUT2D eigenvalue weighted by Gasteiger charge is 2.13. The molecule has 142 valence electrons. The molecule has 1 aromatic heterocycles. The van der Waals surface area contributed by atoms with Gasteiger partial charge in [0.25, 0.3) is 0 Å². The fourth-order valence-electron chi connectivity index (χ4n) is 4.33. The maximum Gasteiger partial charge on any atom is 0.0561 e. The summed E-state index contributed by atoms with van der Waals surface area (Å²) in [7, 11) is 0. The number of nitrogens with one attached hydrogen (secondary N) is 1. The highest BCUT2D eigenvalue weighted by molar-refractivity contribution is 6.10. The van der Waals surface area contributed by atoms with Crippen LogP contribution in [0.4, 0.5) is 11.4 Å². The van der Waals surface area contributed by atoms with E-state index in [0.717, 1.165) is 11.4 Å². The molecule has 0 amide bonds. The van der Waals surface area contributed by atoms with Gasteiger partial charge in [-0.3, -0.25) is 0 Å². The first-order chi connectivity index (χ1) is 14.9. The van der Waals surface area contributed by atoms with Gasteiger partial charge in [0.05, 0.1) is 11.0 Å². The molecule has 2 nitrogen and oxygen atoms in total. The third-order valence-electron chi connectivity index (χ3n) is 5.73. The Morgan fingerprint density at radius 2 is 1.20 bits per heavy atom. The molecule has 6 aromatic rings. The maximum absolute atomic E-state index is 3.54. The van der Waals surface area contributed by atoms with Gasteiger partial charge in [-0.2, -0.15) is 0 Å². The summed E-state index contributed by atoms with van der Waals surface area (Å²) in [5.74, 6) is 0. The predicted molar refractivity (Wildman–Crippen MR) is 128 cm³/mol. The van der Waals surface area contributed by atoms with Gasteiger partial charge in [0, 0.05) is 27.8 Å². The van der Waals surface area contributed by atoms with Crippen LogP contribution in [0.1, 0.15) is 0 Å². The lowest BCUT2D eigenvalue weighted by Gasteiger charge is -2.11. The highest BCUT2D eigenvalue weighted by Crippen LogP contribution is 2.34. The second-order valence-electron chi connectivity index (χ2n) is 7.61. The number of para-hydroxylation sites is 2. The van der Waals surface area contributed by atoms with Crippen molar-refractivity contribution in [1.82, 2.24) is 4.57 Å². The van der Waals surface area contributed by atoms with Gasteiger partial charge >= 0.3 is 0 Å². The Hall–Kier alpha value is -4.04. The lowest BCUT2D eigenvalue weighted by molar-refractivity contribution is 1.19. The fraction of sp³-hybridized carbons (Fsp3) is 0. The summed E-state index contributed by atoms with van der Waals surface area (Å²) in [5.41, 5.74) is 5.77. The average molecular weight is 384 g/mol. The first-order valence-electron chi connectivity index (χ1n) is 10.2. The highest BCUT2D eigenvalue weighted by atomic mass is 15.0. The summed E-state index contributed by atoms with van der Waals surface area (Å²) in [6.07, 6.45) is 0. The topological polar surface area (TPSA) is 17.0 Å². The number of hydrogen-bond donors (Lipinski definition) is 1. The number of benzene rings is 5.